The Kier molecular flexibility index (Phi) is 10.8. The van der Waals surface area contributed by atoms with E-state index in [1.54, 1.807) is 6.07 Å². The minimum Gasteiger partial charge on any atom is -0.444 e. The van der Waals surface area contributed by atoms with Crippen LogP contribution in [0.5, 0.6) is 0 Å². The number of sulfonamides is 1. The molecule has 55 heavy (non-hydrogen) atoms. The number of morpholine rings is 1. The van der Waals surface area contributed by atoms with Gasteiger partial charge in [-0.25, -0.2) is 13.2 Å². The van der Waals surface area contributed by atoms with Crippen LogP contribution in [0.3, 0.4) is 0 Å². The molecule has 0 spiro atoms. The fourth-order valence-corrected chi connectivity index (χ4v) is 9.61. The summed E-state index contributed by atoms with van der Waals surface area (Å²) in [6, 6.07) is 11.4. The molecule has 0 unspecified atom stereocenters. The summed E-state index contributed by atoms with van der Waals surface area (Å²) in [4.78, 5) is 61.5. The molecule has 3 N–H and O–H groups in total. The van der Waals surface area contributed by atoms with Crippen molar-refractivity contribution in [1.82, 2.24) is 19.8 Å². The number of carbonyl (C=O) groups excluding carboxylic acids is 4. The van der Waals surface area contributed by atoms with Crippen molar-refractivity contribution in [2.24, 2.45) is 11.3 Å². The predicted molar refractivity (Wildman–Crippen MR) is 207 cm³/mol. The van der Waals surface area contributed by atoms with Crippen molar-refractivity contribution in [3.8, 4) is 0 Å². The lowest BCUT2D eigenvalue weighted by atomic mass is 9.85. The van der Waals surface area contributed by atoms with Crippen molar-refractivity contribution in [2.75, 3.05) is 43.1 Å². The average molecular weight is 799 g/mol. The Morgan fingerprint density at radius 2 is 1.78 bits per heavy atom. The first-order chi connectivity index (χ1) is 26.1. The number of carbonyl (C=O) groups is 4. The summed E-state index contributed by atoms with van der Waals surface area (Å²) in [6.45, 7) is 10.9. The predicted octanol–water partition coefficient (Wildman–Crippen LogP) is 4.02. The molecule has 3 heterocycles. The number of nitrogens with one attached hydrogen (secondary N) is 3. The second kappa shape index (κ2) is 15.1. The molecule has 0 bridgehead atoms. The molecule has 5 atom stereocenters. The van der Waals surface area contributed by atoms with Crippen molar-refractivity contribution in [3.63, 3.8) is 0 Å². The quantitative estimate of drug-likeness (QED) is 0.302. The number of hydrogen-bond acceptors (Lipinski definition) is 10. The van der Waals surface area contributed by atoms with E-state index in [0.29, 0.717) is 44.0 Å². The van der Waals surface area contributed by atoms with Gasteiger partial charge < -0.3 is 29.9 Å². The van der Waals surface area contributed by atoms with E-state index in [9.17, 15) is 27.6 Å². The van der Waals surface area contributed by atoms with Crippen LogP contribution in [0, 0.1) is 11.3 Å². The lowest BCUT2D eigenvalue weighted by Gasteiger charge is -2.36. The second-order valence-corrected chi connectivity index (χ2v) is 18.9. The molecular weight excluding hydrogens is 748 g/mol. The van der Waals surface area contributed by atoms with Gasteiger partial charge in [-0.15, -0.1) is 0 Å². The van der Waals surface area contributed by atoms with Gasteiger partial charge in [-0.1, -0.05) is 63.9 Å². The molecule has 2 aromatic carbocycles. The number of anilines is 2. The van der Waals surface area contributed by atoms with Crippen LogP contribution < -0.4 is 20.3 Å². The van der Waals surface area contributed by atoms with E-state index >= 15 is 0 Å². The summed E-state index contributed by atoms with van der Waals surface area (Å²) in [7, 11) is -3.86. The van der Waals surface area contributed by atoms with Gasteiger partial charge in [0.25, 0.3) is 5.91 Å². The van der Waals surface area contributed by atoms with Crippen LogP contribution in [-0.2, 0) is 47.0 Å². The minimum absolute atomic E-state index is 0.0108. The van der Waals surface area contributed by atoms with Crippen molar-refractivity contribution < 1.29 is 37.1 Å². The van der Waals surface area contributed by atoms with Crippen LogP contribution in [0.1, 0.15) is 70.9 Å². The van der Waals surface area contributed by atoms with Crippen molar-refractivity contribution in [1.29, 1.82) is 0 Å². The fourth-order valence-electron chi connectivity index (χ4n) is 7.99. The standard InChI is InChI=1S/C39H51ClN6O8S/c1-5-25-20-39(25,36(49)43-55(51,52)29-12-13-29)42-34(47)32-19-28(54-37(50)45-21-24-8-6-11-31(40)30(24)23-45)22-46(32)35(48)33(38(2,3)4)41-26-9-7-10-27(18-26)44-14-16-53-17-15-44/h6-11,18,25,28-29,32-33,41H,5,12-17,19-23H2,1-4H3,(H,42,47)(H,43,49)/t25-,28-,32+,33-,39-/m1/s1. The number of nitrogens with zero attached hydrogens (tertiary/aromatic N) is 3. The Bertz CT molecular complexity index is 1950. The number of likely N-dealkylation sites (tertiary alicyclic amines) is 1. The second-order valence-electron chi connectivity index (χ2n) is 16.5. The molecule has 7 rings (SSSR count). The fraction of sp³-hybridized carbons (Fsp3) is 0.590. The molecule has 16 heteroatoms. The topological polar surface area (TPSA) is 167 Å². The zero-order valence-corrected chi connectivity index (χ0v) is 33.4. The zero-order chi connectivity index (χ0) is 39.3. The number of ether oxygens (including phenoxy) is 2. The average Bonchev–Trinajstić information content (AvgIpc) is 4.04. The van der Waals surface area contributed by atoms with Crippen LogP contribution in [0.15, 0.2) is 42.5 Å². The van der Waals surface area contributed by atoms with Crippen LogP contribution in [-0.4, -0.2) is 104 Å². The number of rotatable bonds is 11. The minimum atomic E-state index is -3.86. The van der Waals surface area contributed by atoms with E-state index in [1.165, 1.54) is 9.80 Å². The highest BCUT2D eigenvalue weighted by molar-refractivity contribution is 7.91. The lowest BCUT2D eigenvalue weighted by molar-refractivity contribution is -0.141. The van der Waals surface area contributed by atoms with Crippen molar-refractivity contribution in [3.05, 3.63) is 58.6 Å². The number of hydrogen-bond donors (Lipinski definition) is 3. The SMILES string of the molecule is CC[C@@H]1C[C@]1(NC(=O)[C@@H]1C[C@@H](OC(=O)N2Cc3cccc(Cl)c3C2)CN1C(=O)[C@@H](Nc1cccc(N2CCOCC2)c1)C(C)(C)C)C(=O)NS(=O)(=O)C1CC1. The normalized spacial score (nSPS) is 25.5. The number of amides is 4. The van der Waals surface area contributed by atoms with E-state index in [2.05, 4.69) is 20.3 Å². The van der Waals surface area contributed by atoms with Crippen molar-refractivity contribution >= 4 is 56.8 Å². The van der Waals surface area contributed by atoms with Gasteiger partial charge in [0.05, 0.1) is 31.6 Å². The van der Waals surface area contributed by atoms with Gasteiger partial charge in [-0.2, -0.15) is 0 Å². The van der Waals surface area contributed by atoms with Gasteiger partial charge in [0.15, 0.2) is 0 Å². The molecule has 2 saturated carbocycles. The van der Waals surface area contributed by atoms with Gasteiger partial charge in [0.1, 0.15) is 23.7 Å². The van der Waals surface area contributed by atoms with Crippen LogP contribution in [0.2, 0.25) is 5.02 Å². The Labute approximate surface area is 327 Å². The zero-order valence-electron chi connectivity index (χ0n) is 31.8. The third-order valence-electron chi connectivity index (χ3n) is 11.5. The maximum atomic E-state index is 14.8. The summed E-state index contributed by atoms with van der Waals surface area (Å²) < 4.78 is 39.3. The lowest BCUT2D eigenvalue weighted by Crippen LogP contribution is -2.58. The molecule has 14 nitrogen and oxygen atoms in total. The molecule has 0 aromatic heterocycles. The molecule has 4 amide bonds. The highest BCUT2D eigenvalue weighted by Crippen LogP contribution is 2.47. The Morgan fingerprint density at radius 3 is 2.44 bits per heavy atom. The number of benzene rings is 2. The molecular formula is C39H51ClN6O8S. The Hall–Kier alpha value is -4.08. The van der Waals surface area contributed by atoms with E-state index in [1.807, 2.05) is 64.1 Å². The molecule has 4 fully saturated rings. The molecule has 2 aliphatic carbocycles. The van der Waals surface area contributed by atoms with Crippen molar-refractivity contribution in [2.45, 2.75) is 102 Å². The van der Waals surface area contributed by atoms with Crippen LogP contribution in [0.25, 0.3) is 0 Å². The highest BCUT2D eigenvalue weighted by Gasteiger charge is 2.62. The summed E-state index contributed by atoms with van der Waals surface area (Å²) in [5, 5.41) is 6.28. The summed E-state index contributed by atoms with van der Waals surface area (Å²) in [6.07, 6.45) is 0.327. The summed E-state index contributed by atoms with van der Waals surface area (Å²) in [5.74, 6) is -2.03. The molecule has 5 aliphatic rings. The first-order valence-corrected chi connectivity index (χ1v) is 21.1. The van der Waals surface area contributed by atoms with E-state index in [4.69, 9.17) is 21.1 Å². The molecule has 0 radical (unpaired) electrons. The van der Waals surface area contributed by atoms with E-state index in [0.717, 1.165) is 35.6 Å². The van der Waals surface area contributed by atoms with E-state index < -0.39 is 62.3 Å². The third-order valence-corrected chi connectivity index (χ3v) is 13.7. The molecule has 298 valence electrons. The Balaban J connectivity index is 1.13. The summed E-state index contributed by atoms with van der Waals surface area (Å²) >= 11 is 6.40. The van der Waals surface area contributed by atoms with Crippen LogP contribution in [0.4, 0.5) is 16.2 Å². The Morgan fingerprint density at radius 1 is 1.05 bits per heavy atom. The van der Waals surface area contributed by atoms with Gasteiger partial charge in [0, 0.05) is 42.5 Å². The molecule has 3 aliphatic heterocycles. The molecule has 2 aromatic rings. The van der Waals surface area contributed by atoms with Gasteiger partial charge in [-0.3, -0.25) is 24.0 Å². The summed E-state index contributed by atoms with van der Waals surface area (Å²) in [5.41, 5.74) is 1.42. The number of fused-ring (bicyclic) bond motifs is 1. The van der Waals surface area contributed by atoms with Gasteiger partial charge >= 0.3 is 6.09 Å². The smallest absolute Gasteiger partial charge is 0.410 e. The first kappa shape index (κ1) is 39.2. The maximum absolute atomic E-state index is 14.8. The molecule has 2 saturated heterocycles. The van der Waals surface area contributed by atoms with Gasteiger partial charge in [0.2, 0.25) is 21.8 Å². The van der Waals surface area contributed by atoms with E-state index in [-0.39, 0.29) is 37.8 Å². The maximum Gasteiger partial charge on any atom is 0.410 e. The largest absolute Gasteiger partial charge is 0.444 e. The van der Waals surface area contributed by atoms with Crippen LogP contribution >= 0.6 is 11.6 Å². The number of halogens is 1. The first-order valence-electron chi connectivity index (χ1n) is 19.2. The van der Waals surface area contributed by atoms with Gasteiger partial charge in [-0.05, 0) is 66.0 Å². The monoisotopic (exact) mass is 798 g/mol. The highest BCUT2D eigenvalue weighted by atomic mass is 35.5. The third kappa shape index (κ3) is 8.24.